The Kier molecular flexibility index (Phi) is 3.94. The van der Waals surface area contributed by atoms with Gasteiger partial charge in [-0.15, -0.1) is 0 Å². The van der Waals surface area contributed by atoms with E-state index < -0.39 is 0 Å². The first-order valence-electron chi connectivity index (χ1n) is 6.22. The molecule has 0 aromatic carbocycles. The first kappa shape index (κ1) is 12.3. The molecule has 0 amide bonds. The molecule has 1 saturated heterocycles. The lowest BCUT2D eigenvalue weighted by Crippen LogP contribution is -2.36. The molecule has 0 radical (unpaired) electrons. The Hall–Kier alpha value is -1.16. The van der Waals surface area contributed by atoms with Crippen molar-refractivity contribution in [3.05, 3.63) is 23.9 Å². The van der Waals surface area contributed by atoms with Crippen molar-refractivity contribution < 1.29 is 0 Å². The van der Waals surface area contributed by atoms with Gasteiger partial charge in [0.25, 0.3) is 0 Å². The molecule has 17 heavy (non-hydrogen) atoms. The molecule has 0 spiro atoms. The molecule has 0 aliphatic carbocycles. The van der Waals surface area contributed by atoms with E-state index in [1.807, 2.05) is 18.2 Å². The van der Waals surface area contributed by atoms with Gasteiger partial charge in [-0.3, -0.25) is 0 Å². The minimum absolute atomic E-state index is 0.371. The maximum Gasteiger partial charge on any atom is 0.129 e. The van der Waals surface area contributed by atoms with Crippen LogP contribution in [0.3, 0.4) is 0 Å². The number of piperidine rings is 1. The molecule has 0 saturated carbocycles. The molecule has 2 heterocycles. The van der Waals surface area contributed by atoms with E-state index in [0.29, 0.717) is 4.99 Å². The highest BCUT2D eigenvalue weighted by Crippen LogP contribution is 2.23. The molecule has 3 nitrogen and oxygen atoms in total. The minimum atomic E-state index is 0.371. The Labute approximate surface area is 108 Å². The number of hydrogen-bond donors (Lipinski definition) is 1. The van der Waals surface area contributed by atoms with E-state index in [1.165, 1.54) is 19.3 Å². The monoisotopic (exact) mass is 249 g/mol. The van der Waals surface area contributed by atoms with Gasteiger partial charge in [0.2, 0.25) is 0 Å². The van der Waals surface area contributed by atoms with Gasteiger partial charge in [0.05, 0.1) is 5.69 Å². The van der Waals surface area contributed by atoms with E-state index in [-0.39, 0.29) is 0 Å². The fourth-order valence-electron chi connectivity index (χ4n) is 2.34. The quantitative estimate of drug-likeness (QED) is 0.835. The van der Waals surface area contributed by atoms with Crippen molar-refractivity contribution >= 4 is 23.0 Å². The summed E-state index contributed by atoms with van der Waals surface area (Å²) in [5, 5.41) is 0. The first-order valence-corrected chi connectivity index (χ1v) is 6.63. The lowest BCUT2D eigenvalue weighted by atomic mass is 9.96. The molecular weight excluding hydrogens is 230 g/mol. The van der Waals surface area contributed by atoms with Crippen molar-refractivity contribution in [3.63, 3.8) is 0 Å². The number of nitrogens with two attached hydrogens (primary N) is 1. The molecule has 2 rings (SSSR count). The normalized spacial score (nSPS) is 20.3. The van der Waals surface area contributed by atoms with Crippen LogP contribution in [0, 0.1) is 5.92 Å². The van der Waals surface area contributed by atoms with Crippen molar-refractivity contribution in [1.82, 2.24) is 4.98 Å². The smallest absolute Gasteiger partial charge is 0.129 e. The van der Waals surface area contributed by atoms with Crippen LogP contribution in [0.15, 0.2) is 18.2 Å². The summed E-state index contributed by atoms with van der Waals surface area (Å²) in [5.74, 6) is 1.80. The van der Waals surface area contributed by atoms with Crippen LogP contribution in [0.1, 0.15) is 31.9 Å². The van der Waals surface area contributed by atoms with Crippen LogP contribution >= 0.6 is 12.2 Å². The van der Waals surface area contributed by atoms with Crippen LogP contribution in [0.2, 0.25) is 0 Å². The summed E-state index contributed by atoms with van der Waals surface area (Å²) in [7, 11) is 0. The van der Waals surface area contributed by atoms with Crippen molar-refractivity contribution in [2.24, 2.45) is 11.7 Å². The summed E-state index contributed by atoms with van der Waals surface area (Å²) < 4.78 is 0. The summed E-state index contributed by atoms with van der Waals surface area (Å²) in [5.41, 5.74) is 6.33. The van der Waals surface area contributed by atoms with Crippen LogP contribution in [0.5, 0.6) is 0 Å². The molecule has 1 aromatic rings. The minimum Gasteiger partial charge on any atom is -0.388 e. The van der Waals surface area contributed by atoms with Crippen molar-refractivity contribution in [2.45, 2.75) is 26.2 Å². The highest BCUT2D eigenvalue weighted by atomic mass is 32.1. The van der Waals surface area contributed by atoms with Gasteiger partial charge >= 0.3 is 0 Å². The van der Waals surface area contributed by atoms with Gasteiger partial charge in [-0.2, -0.15) is 0 Å². The third kappa shape index (κ3) is 2.94. The zero-order valence-electron chi connectivity index (χ0n) is 10.2. The Morgan fingerprint density at radius 3 is 3.12 bits per heavy atom. The zero-order valence-corrected chi connectivity index (χ0v) is 11.0. The predicted molar refractivity (Wildman–Crippen MR) is 75.4 cm³/mol. The Morgan fingerprint density at radius 1 is 1.59 bits per heavy atom. The van der Waals surface area contributed by atoms with Crippen molar-refractivity contribution in [1.29, 1.82) is 0 Å². The molecule has 4 heteroatoms. The van der Waals surface area contributed by atoms with Crippen LogP contribution < -0.4 is 10.6 Å². The molecule has 1 aromatic heterocycles. The Morgan fingerprint density at radius 2 is 2.41 bits per heavy atom. The van der Waals surface area contributed by atoms with Gasteiger partial charge in [0, 0.05) is 13.1 Å². The molecule has 0 bridgehead atoms. The van der Waals surface area contributed by atoms with Crippen LogP contribution in [-0.2, 0) is 0 Å². The summed E-state index contributed by atoms with van der Waals surface area (Å²) in [6, 6.07) is 5.89. The SMILES string of the molecule is CCC1CCCN(c2cccc(C(N)=S)n2)C1. The number of thiocarbonyl (C=S) groups is 1. The standard InChI is InChI=1S/C13H19N3S/c1-2-10-5-4-8-16(9-10)12-7-3-6-11(15-12)13(14)17/h3,6-7,10H,2,4-5,8-9H2,1H3,(H2,14,17). The van der Waals surface area contributed by atoms with Crippen molar-refractivity contribution in [2.75, 3.05) is 18.0 Å². The molecule has 1 aliphatic rings. The van der Waals surface area contributed by atoms with Crippen LogP contribution in [0.4, 0.5) is 5.82 Å². The maximum atomic E-state index is 5.62. The largest absolute Gasteiger partial charge is 0.388 e. The molecule has 2 N–H and O–H groups in total. The molecule has 1 unspecified atom stereocenters. The summed E-state index contributed by atoms with van der Waals surface area (Å²) >= 11 is 4.97. The van der Waals surface area contributed by atoms with Gasteiger partial charge in [-0.05, 0) is 30.9 Å². The second kappa shape index (κ2) is 5.45. The molecule has 1 atom stereocenters. The van der Waals surface area contributed by atoms with Gasteiger partial charge < -0.3 is 10.6 Å². The van der Waals surface area contributed by atoms with Gasteiger partial charge in [-0.1, -0.05) is 31.6 Å². The number of hydrogen-bond acceptors (Lipinski definition) is 3. The average molecular weight is 249 g/mol. The van der Waals surface area contributed by atoms with Gasteiger partial charge in [0.15, 0.2) is 0 Å². The Bertz CT molecular complexity index is 405. The van der Waals surface area contributed by atoms with E-state index >= 15 is 0 Å². The third-order valence-corrected chi connectivity index (χ3v) is 3.62. The lowest BCUT2D eigenvalue weighted by molar-refractivity contribution is 0.403. The summed E-state index contributed by atoms with van der Waals surface area (Å²) in [6.07, 6.45) is 3.82. The number of anilines is 1. The first-order chi connectivity index (χ1) is 8.20. The topological polar surface area (TPSA) is 42.1 Å². The highest BCUT2D eigenvalue weighted by Gasteiger charge is 2.19. The van der Waals surface area contributed by atoms with E-state index in [1.54, 1.807) is 0 Å². The van der Waals surface area contributed by atoms with Gasteiger partial charge in [0.1, 0.15) is 10.8 Å². The second-order valence-corrected chi connectivity index (χ2v) is 5.05. The second-order valence-electron chi connectivity index (χ2n) is 4.61. The van der Waals surface area contributed by atoms with E-state index in [4.69, 9.17) is 18.0 Å². The number of aromatic nitrogens is 1. The summed E-state index contributed by atoms with van der Waals surface area (Å²) in [6.45, 7) is 4.45. The van der Waals surface area contributed by atoms with E-state index in [2.05, 4.69) is 16.8 Å². The molecule has 1 aliphatic heterocycles. The van der Waals surface area contributed by atoms with Gasteiger partial charge in [-0.25, -0.2) is 4.98 Å². The number of rotatable bonds is 3. The molecular formula is C13H19N3S. The Balaban J connectivity index is 2.16. The zero-order chi connectivity index (χ0) is 12.3. The number of nitrogens with zero attached hydrogens (tertiary/aromatic N) is 2. The predicted octanol–water partition coefficient (Wildman–Crippen LogP) is 2.34. The van der Waals surface area contributed by atoms with E-state index in [9.17, 15) is 0 Å². The number of pyridine rings is 1. The fourth-order valence-corrected chi connectivity index (χ4v) is 2.46. The molecule has 1 fully saturated rings. The third-order valence-electron chi connectivity index (χ3n) is 3.41. The van der Waals surface area contributed by atoms with Crippen molar-refractivity contribution in [3.8, 4) is 0 Å². The summed E-state index contributed by atoms with van der Waals surface area (Å²) in [4.78, 5) is 7.24. The van der Waals surface area contributed by atoms with E-state index in [0.717, 1.165) is 30.5 Å². The van der Waals surface area contributed by atoms with Crippen LogP contribution in [-0.4, -0.2) is 23.1 Å². The molecule has 92 valence electrons. The maximum absolute atomic E-state index is 5.62. The average Bonchev–Trinajstić information content (AvgIpc) is 2.39. The highest BCUT2D eigenvalue weighted by molar-refractivity contribution is 7.80. The van der Waals surface area contributed by atoms with Crippen LogP contribution in [0.25, 0.3) is 0 Å². The fraction of sp³-hybridized carbons (Fsp3) is 0.538. The lowest BCUT2D eigenvalue weighted by Gasteiger charge is -2.33.